The van der Waals surface area contributed by atoms with Crippen molar-refractivity contribution in [3.05, 3.63) is 36.9 Å². The van der Waals surface area contributed by atoms with Gasteiger partial charge in [-0.15, -0.1) is 0 Å². The van der Waals surface area contributed by atoms with E-state index in [4.69, 9.17) is 14.9 Å². The highest BCUT2D eigenvalue weighted by Crippen LogP contribution is 2.29. The summed E-state index contributed by atoms with van der Waals surface area (Å²) in [4.78, 5) is 16.2. The minimum Gasteiger partial charge on any atom is -0.444 e. The number of oxazole rings is 1. The molecule has 6 nitrogen and oxygen atoms in total. The number of nitrogens with two attached hydrogens (primary N) is 1. The van der Waals surface area contributed by atoms with Gasteiger partial charge < -0.3 is 20.2 Å². The molecule has 0 spiro atoms. The Morgan fingerprint density at radius 2 is 2.19 bits per heavy atom. The summed E-state index contributed by atoms with van der Waals surface area (Å²) in [5, 5.41) is 2.88. The van der Waals surface area contributed by atoms with E-state index in [2.05, 4.69) is 10.3 Å². The van der Waals surface area contributed by atoms with Crippen molar-refractivity contribution in [2.75, 3.05) is 18.5 Å². The predicted octanol–water partition coefficient (Wildman–Crippen LogP) is 1.64. The minimum atomic E-state index is -0.691. The molecule has 1 aromatic heterocycles. The summed E-state index contributed by atoms with van der Waals surface area (Å²) in [6.07, 6.45) is 3.02. The van der Waals surface area contributed by atoms with E-state index in [0.717, 1.165) is 5.56 Å². The van der Waals surface area contributed by atoms with E-state index in [9.17, 15) is 4.79 Å². The SMILES string of the molecule is CC1(C(=O)Nc2ccc(-c3cnco3)cc2)COCC1N. The molecule has 21 heavy (non-hydrogen) atoms. The zero-order valence-electron chi connectivity index (χ0n) is 11.7. The molecule has 1 aromatic carbocycles. The first kappa shape index (κ1) is 13.8. The maximum Gasteiger partial charge on any atom is 0.234 e. The molecular weight excluding hydrogens is 270 g/mol. The van der Waals surface area contributed by atoms with Crippen LogP contribution in [-0.4, -0.2) is 30.1 Å². The highest BCUT2D eigenvalue weighted by molar-refractivity contribution is 5.96. The number of hydrogen-bond acceptors (Lipinski definition) is 5. The molecule has 110 valence electrons. The molecule has 6 heteroatoms. The number of hydrogen-bond donors (Lipinski definition) is 2. The molecule has 2 unspecified atom stereocenters. The Bertz CT molecular complexity index is 624. The van der Waals surface area contributed by atoms with Gasteiger partial charge >= 0.3 is 0 Å². The molecule has 2 heterocycles. The van der Waals surface area contributed by atoms with Crippen LogP contribution in [0.15, 0.2) is 41.3 Å². The zero-order valence-corrected chi connectivity index (χ0v) is 11.7. The molecule has 2 atom stereocenters. The van der Waals surface area contributed by atoms with Gasteiger partial charge in [-0.3, -0.25) is 4.79 Å². The Labute approximate surface area is 122 Å². The van der Waals surface area contributed by atoms with Crippen molar-refractivity contribution in [3.63, 3.8) is 0 Å². The Morgan fingerprint density at radius 3 is 2.76 bits per heavy atom. The number of aromatic nitrogens is 1. The van der Waals surface area contributed by atoms with E-state index in [1.165, 1.54) is 6.39 Å². The number of nitrogens with one attached hydrogen (secondary N) is 1. The highest BCUT2D eigenvalue weighted by atomic mass is 16.5. The molecule has 1 saturated heterocycles. The van der Waals surface area contributed by atoms with Crippen molar-refractivity contribution in [1.29, 1.82) is 0 Å². The molecule has 0 saturated carbocycles. The first-order valence-electron chi connectivity index (χ1n) is 6.73. The van der Waals surface area contributed by atoms with Crippen LogP contribution in [-0.2, 0) is 9.53 Å². The molecule has 1 aliphatic rings. The van der Waals surface area contributed by atoms with Gasteiger partial charge in [-0.25, -0.2) is 4.98 Å². The van der Waals surface area contributed by atoms with E-state index in [-0.39, 0.29) is 11.9 Å². The maximum absolute atomic E-state index is 12.4. The van der Waals surface area contributed by atoms with Crippen LogP contribution in [0.5, 0.6) is 0 Å². The number of anilines is 1. The fourth-order valence-electron chi connectivity index (χ4n) is 2.27. The topological polar surface area (TPSA) is 90.4 Å². The third-order valence-corrected chi connectivity index (χ3v) is 3.90. The summed E-state index contributed by atoms with van der Waals surface area (Å²) >= 11 is 0. The molecule has 0 bridgehead atoms. The van der Waals surface area contributed by atoms with Gasteiger partial charge in [0.25, 0.3) is 0 Å². The third-order valence-electron chi connectivity index (χ3n) is 3.90. The lowest BCUT2D eigenvalue weighted by molar-refractivity contribution is -0.125. The van der Waals surface area contributed by atoms with Crippen LogP contribution in [0.3, 0.4) is 0 Å². The zero-order chi connectivity index (χ0) is 14.9. The van der Waals surface area contributed by atoms with E-state index in [1.807, 2.05) is 31.2 Å². The molecule has 3 rings (SSSR count). The number of ether oxygens (including phenoxy) is 1. The summed E-state index contributed by atoms with van der Waals surface area (Å²) in [5.41, 5.74) is 6.87. The normalized spacial score (nSPS) is 25.0. The lowest BCUT2D eigenvalue weighted by Crippen LogP contribution is -2.47. The molecule has 1 amide bonds. The standard InChI is InChI=1S/C15H17N3O3/c1-15(8-20-7-13(15)16)14(19)18-11-4-2-10(3-5-11)12-6-17-9-21-12/h2-6,9,13H,7-8,16H2,1H3,(H,18,19). The molecule has 3 N–H and O–H groups in total. The second-order valence-corrected chi connectivity index (χ2v) is 5.44. The fraction of sp³-hybridized carbons (Fsp3) is 0.333. The van der Waals surface area contributed by atoms with E-state index in [0.29, 0.717) is 24.7 Å². The largest absolute Gasteiger partial charge is 0.444 e. The van der Waals surface area contributed by atoms with Crippen molar-refractivity contribution >= 4 is 11.6 Å². The van der Waals surface area contributed by atoms with Gasteiger partial charge in [-0.2, -0.15) is 0 Å². The fourth-order valence-corrected chi connectivity index (χ4v) is 2.27. The van der Waals surface area contributed by atoms with Gasteiger partial charge in [0.1, 0.15) is 0 Å². The summed E-state index contributed by atoms with van der Waals surface area (Å²) in [7, 11) is 0. The smallest absolute Gasteiger partial charge is 0.234 e. The number of benzene rings is 1. The van der Waals surface area contributed by atoms with E-state index < -0.39 is 5.41 Å². The molecule has 2 aromatic rings. The summed E-state index contributed by atoms with van der Waals surface area (Å²) < 4.78 is 10.5. The quantitative estimate of drug-likeness (QED) is 0.895. The third kappa shape index (κ3) is 2.55. The van der Waals surface area contributed by atoms with E-state index >= 15 is 0 Å². The minimum absolute atomic E-state index is 0.125. The molecule has 1 aliphatic heterocycles. The predicted molar refractivity (Wildman–Crippen MR) is 77.5 cm³/mol. The van der Waals surface area contributed by atoms with Crippen LogP contribution in [0.1, 0.15) is 6.92 Å². The first-order chi connectivity index (χ1) is 10.1. The molecule has 1 fully saturated rings. The van der Waals surface area contributed by atoms with Gasteiger partial charge in [0.05, 0.1) is 24.8 Å². The Hall–Kier alpha value is -2.18. The lowest BCUT2D eigenvalue weighted by Gasteiger charge is -2.25. The lowest BCUT2D eigenvalue weighted by atomic mass is 9.85. The van der Waals surface area contributed by atoms with Crippen LogP contribution in [0.2, 0.25) is 0 Å². The Balaban J connectivity index is 1.72. The van der Waals surface area contributed by atoms with Crippen LogP contribution in [0.25, 0.3) is 11.3 Å². The van der Waals surface area contributed by atoms with Crippen LogP contribution >= 0.6 is 0 Å². The van der Waals surface area contributed by atoms with Gasteiger partial charge in [0, 0.05) is 17.3 Å². The van der Waals surface area contributed by atoms with Crippen molar-refractivity contribution in [2.45, 2.75) is 13.0 Å². The molecular formula is C15H17N3O3. The van der Waals surface area contributed by atoms with Crippen LogP contribution in [0, 0.1) is 5.41 Å². The number of amides is 1. The maximum atomic E-state index is 12.4. The van der Waals surface area contributed by atoms with Gasteiger partial charge in [-0.1, -0.05) is 0 Å². The molecule has 0 aliphatic carbocycles. The van der Waals surface area contributed by atoms with Gasteiger partial charge in [0.2, 0.25) is 5.91 Å². The Morgan fingerprint density at radius 1 is 1.43 bits per heavy atom. The summed E-state index contributed by atoms with van der Waals surface area (Å²) in [5.74, 6) is 0.561. The summed E-state index contributed by atoms with van der Waals surface area (Å²) in [6.45, 7) is 2.58. The second kappa shape index (κ2) is 5.31. The number of rotatable bonds is 3. The number of nitrogens with zero attached hydrogens (tertiary/aromatic N) is 1. The van der Waals surface area contributed by atoms with Gasteiger partial charge in [-0.05, 0) is 31.2 Å². The first-order valence-corrected chi connectivity index (χ1v) is 6.73. The average molecular weight is 287 g/mol. The molecule has 0 radical (unpaired) electrons. The second-order valence-electron chi connectivity index (χ2n) is 5.44. The number of carbonyl (C=O) groups excluding carboxylic acids is 1. The van der Waals surface area contributed by atoms with Crippen LogP contribution < -0.4 is 11.1 Å². The number of carbonyl (C=O) groups is 1. The Kier molecular flexibility index (Phi) is 3.48. The van der Waals surface area contributed by atoms with Crippen molar-refractivity contribution in [1.82, 2.24) is 4.98 Å². The summed E-state index contributed by atoms with van der Waals surface area (Å²) in [6, 6.07) is 7.08. The highest BCUT2D eigenvalue weighted by Gasteiger charge is 2.44. The monoisotopic (exact) mass is 287 g/mol. The van der Waals surface area contributed by atoms with Crippen molar-refractivity contribution in [3.8, 4) is 11.3 Å². The van der Waals surface area contributed by atoms with E-state index in [1.54, 1.807) is 6.20 Å². The van der Waals surface area contributed by atoms with Crippen molar-refractivity contribution in [2.24, 2.45) is 11.1 Å². The van der Waals surface area contributed by atoms with Crippen LogP contribution in [0.4, 0.5) is 5.69 Å². The average Bonchev–Trinajstić information content (AvgIpc) is 3.12. The van der Waals surface area contributed by atoms with Gasteiger partial charge in [0.15, 0.2) is 12.2 Å². The van der Waals surface area contributed by atoms with Crippen molar-refractivity contribution < 1.29 is 13.9 Å².